The van der Waals surface area contributed by atoms with E-state index in [2.05, 4.69) is 28.2 Å². The molecule has 1 aromatic heterocycles. The molecule has 0 fully saturated rings. The molecule has 0 saturated heterocycles. The highest BCUT2D eigenvalue weighted by Gasteiger charge is 1.97. The van der Waals surface area contributed by atoms with Crippen LogP contribution in [0.4, 0.5) is 0 Å². The van der Waals surface area contributed by atoms with Gasteiger partial charge in [-0.25, -0.2) is 0 Å². The highest BCUT2D eigenvalue weighted by molar-refractivity contribution is 5.68. The molecule has 0 spiro atoms. The fourth-order valence-corrected chi connectivity index (χ4v) is 1.45. The summed E-state index contributed by atoms with van der Waals surface area (Å²) < 4.78 is 0. The van der Waals surface area contributed by atoms with E-state index < -0.39 is 0 Å². The Hall–Kier alpha value is -1.96. The van der Waals surface area contributed by atoms with Gasteiger partial charge in [-0.1, -0.05) is 36.4 Å². The molecule has 0 aliphatic carbocycles. The second-order valence-corrected chi connectivity index (χ2v) is 3.73. The van der Waals surface area contributed by atoms with Gasteiger partial charge in [0, 0.05) is 6.20 Å². The van der Waals surface area contributed by atoms with E-state index in [0.717, 1.165) is 17.1 Å². The molecule has 2 heteroatoms. The lowest BCUT2D eigenvalue weighted by Crippen LogP contribution is -1.93. The van der Waals surface area contributed by atoms with Crippen molar-refractivity contribution in [1.82, 2.24) is 9.97 Å². The molecule has 0 N–H and O–H groups in total. The van der Waals surface area contributed by atoms with E-state index in [-0.39, 0.29) is 0 Å². The molecule has 0 amide bonds. The maximum Gasteiger partial charge on any atom is 0.0845 e. The second kappa shape index (κ2) is 4.71. The van der Waals surface area contributed by atoms with Gasteiger partial charge in [0.05, 0.1) is 17.1 Å². The van der Waals surface area contributed by atoms with Crippen LogP contribution in [0.3, 0.4) is 0 Å². The van der Waals surface area contributed by atoms with Crippen LogP contribution < -0.4 is 0 Å². The molecule has 16 heavy (non-hydrogen) atoms. The zero-order valence-electron chi connectivity index (χ0n) is 9.51. The largest absolute Gasteiger partial charge is 0.257 e. The molecule has 1 heterocycles. The van der Waals surface area contributed by atoms with E-state index in [0.29, 0.717) is 0 Å². The average molecular weight is 210 g/mol. The zero-order chi connectivity index (χ0) is 11.4. The van der Waals surface area contributed by atoms with Crippen molar-refractivity contribution in [2.24, 2.45) is 0 Å². The van der Waals surface area contributed by atoms with Gasteiger partial charge in [-0.15, -0.1) is 0 Å². The molecule has 2 aromatic rings. The van der Waals surface area contributed by atoms with Gasteiger partial charge in [-0.2, -0.15) is 0 Å². The molecular weight excluding hydrogens is 196 g/mol. The number of benzene rings is 1. The first kappa shape index (κ1) is 10.6. The number of aryl methyl sites for hydroxylation is 2. The van der Waals surface area contributed by atoms with Gasteiger partial charge < -0.3 is 0 Å². The minimum Gasteiger partial charge on any atom is -0.257 e. The normalized spacial score (nSPS) is 10.9. The lowest BCUT2D eigenvalue weighted by Gasteiger charge is -1.99. The van der Waals surface area contributed by atoms with Crippen molar-refractivity contribution in [1.29, 1.82) is 0 Å². The first-order valence-electron chi connectivity index (χ1n) is 5.29. The Balaban J connectivity index is 2.27. The van der Waals surface area contributed by atoms with Crippen molar-refractivity contribution in [3.05, 3.63) is 59.2 Å². The number of hydrogen-bond donors (Lipinski definition) is 0. The van der Waals surface area contributed by atoms with Crippen molar-refractivity contribution in [2.45, 2.75) is 13.8 Å². The number of rotatable bonds is 2. The molecule has 0 aliphatic rings. The fourth-order valence-electron chi connectivity index (χ4n) is 1.45. The van der Waals surface area contributed by atoms with Crippen molar-refractivity contribution in [3.63, 3.8) is 0 Å². The molecule has 0 bridgehead atoms. The summed E-state index contributed by atoms with van der Waals surface area (Å²) in [7, 11) is 0. The molecular formula is C14H14N2. The van der Waals surface area contributed by atoms with Crippen molar-refractivity contribution in [2.75, 3.05) is 0 Å². The Labute approximate surface area is 95.7 Å². The van der Waals surface area contributed by atoms with Crippen molar-refractivity contribution in [3.8, 4) is 0 Å². The summed E-state index contributed by atoms with van der Waals surface area (Å²) >= 11 is 0. The third kappa shape index (κ3) is 2.54. The van der Waals surface area contributed by atoms with Crippen LogP contribution in [0.5, 0.6) is 0 Å². The molecule has 0 unspecified atom stereocenters. The lowest BCUT2D eigenvalue weighted by molar-refractivity contribution is 1.05. The Bertz CT molecular complexity index is 501. The van der Waals surface area contributed by atoms with Crippen LogP contribution in [0.2, 0.25) is 0 Å². The van der Waals surface area contributed by atoms with Gasteiger partial charge in [0.25, 0.3) is 0 Å². The SMILES string of the molecule is Cc1cnc(C)c(C=Cc2ccccc2)n1. The summed E-state index contributed by atoms with van der Waals surface area (Å²) in [6.07, 6.45) is 5.84. The van der Waals surface area contributed by atoms with Gasteiger partial charge in [0.15, 0.2) is 0 Å². The van der Waals surface area contributed by atoms with Gasteiger partial charge in [0.1, 0.15) is 0 Å². The molecule has 0 atom stereocenters. The topological polar surface area (TPSA) is 25.8 Å². The summed E-state index contributed by atoms with van der Waals surface area (Å²) in [5.41, 5.74) is 4.00. The molecule has 80 valence electrons. The minimum absolute atomic E-state index is 0.934. The Kier molecular flexibility index (Phi) is 3.10. The van der Waals surface area contributed by atoms with Crippen LogP contribution in [0.25, 0.3) is 12.2 Å². The molecule has 0 aliphatic heterocycles. The fraction of sp³-hybridized carbons (Fsp3) is 0.143. The number of hydrogen-bond acceptors (Lipinski definition) is 2. The maximum absolute atomic E-state index is 4.44. The Morgan fingerprint density at radius 3 is 2.50 bits per heavy atom. The lowest BCUT2D eigenvalue weighted by atomic mass is 10.2. The molecule has 1 aromatic carbocycles. The van der Waals surface area contributed by atoms with E-state index in [1.165, 1.54) is 5.56 Å². The van der Waals surface area contributed by atoms with E-state index >= 15 is 0 Å². The summed E-state index contributed by atoms with van der Waals surface area (Å²) in [4.78, 5) is 8.72. The Morgan fingerprint density at radius 1 is 1.00 bits per heavy atom. The highest BCUT2D eigenvalue weighted by atomic mass is 14.8. The van der Waals surface area contributed by atoms with Crippen LogP contribution in [0, 0.1) is 13.8 Å². The predicted molar refractivity (Wildman–Crippen MR) is 66.9 cm³/mol. The Morgan fingerprint density at radius 2 is 1.75 bits per heavy atom. The monoisotopic (exact) mass is 210 g/mol. The third-order valence-corrected chi connectivity index (χ3v) is 2.35. The first-order valence-corrected chi connectivity index (χ1v) is 5.29. The van der Waals surface area contributed by atoms with Crippen LogP contribution in [0.15, 0.2) is 36.5 Å². The number of nitrogens with zero attached hydrogens (tertiary/aromatic N) is 2. The van der Waals surface area contributed by atoms with Crippen LogP contribution in [-0.4, -0.2) is 9.97 Å². The standard InChI is InChI=1S/C14H14N2/c1-11-10-15-12(2)14(16-11)9-8-13-6-4-3-5-7-13/h3-10H,1-2H3. The molecule has 0 radical (unpaired) electrons. The summed E-state index contributed by atoms with van der Waals surface area (Å²) in [6.45, 7) is 3.92. The highest BCUT2D eigenvalue weighted by Crippen LogP contribution is 2.08. The van der Waals surface area contributed by atoms with Crippen LogP contribution in [0.1, 0.15) is 22.6 Å². The number of aromatic nitrogens is 2. The van der Waals surface area contributed by atoms with Gasteiger partial charge in [-0.05, 0) is 25.5 Å². The van der Waals surface area contributed by atoms with Crippen LogP contribution >= 0.6 is 0 Å². The summed E-state index contributed by atoms with van der Waals surface area (Å²) in [5.74, 6) is 0. The maximum atomic E-state index is 4.44. The van der Waals surface area contributed by atoms with Crippen molar-refractivity contribution >= 4 is 12.2 Å². The average Bonchev–Trinajstić information content (AvgIpc) is 2.32. The molecule has 2 rings (SSSR count). The van der Waals surface area contributed by atoms with Gasteiger partial charge in [0.2, 0.25) is 0 Å². The first-order chi connectivity index (χ1) is 7.75. The van der Waals surface area contributed by atoms with Gasteiger partial charge in [-0.3, -0.25) is 9.97 Å². The quantitative estimate of drug-likeness (QED) is 0.760. The van der Waals surface area contributed by atoms with Crippen molar-refractivity contribution < 1.29 is 0 Å². The molecule has 0 saturated carbocycles. The summed E-state index contributed by atoms with van der Waals surface area (Å²) in [5, 5.41) is 0. The van der Waals surface area contributed by atoms with Gasteiger partial charge >= 0.3 is 0 Å². The molecule has 2 nitrogen and oxygen atoms in total. The second-order valence-electron chi connectivity index (χ2n) is 3.73. The van der Waals surface area contributed by atoms with Crippen LogP contribution in [-0.2, 0) is 0 Å². The van der Waals surface area contributed by atoms with E-state index in [1.54, 1.807) is 6.20 Å². The van der Waals surface area contributed by atoms with E-state index in [1.807, 2.05) is 38.1 Å². The minimum atomic E-state index is 0.934. The smallest absolute Gasteiger partial charge is 0.0845 e. The van der Waals surface area contributed by atoms with E-state index in [4.69, 9.17) is 0 Å². The zero-order valence-corrected chi connectivity index (χ0v) is 9.51. The third-order valence-electron chi connectivity index (χ3n) is 2.35. The summed E-state index contributed by atoms with van der Waals surface area (Å²) in [6, 6.07) is 10.2. The van der Waals surface area contributed by atoms with E-state index in [9.17, 15) is 0 Å². The predicted octanol–water partition coefficient (Wildman–Crippen LogP) is 3.26.